The Bertz CT molecular complexity index is 2920. The maximum Gasteiger partial charge on any atom is 0.145 e. The predicted molar refractivity (Wildman–Crippen MR) is 223 cm³/mol. The van der Waals surface area contributed by atoms with Crippen LogP contribution in [0.2, 0.25) is 0 Å². The van der Waals surface area contributed by atoms with Gasteiger partial charge >= 0.3 is 0 Å². The highest BCUT2D eigenvalue weighted by atomic mass is 16.3. The van der Waals surface area contributed by atoms with Gasteiger partial charge in [-0.25, -0.2) is 0 Å². The van der Waals surface area contributed by atoms with Crippen LogP contribution in [0.3, 0.4) is 0 Å². The van der Waals surface area contributed by atoms with E-state index in [1.807, 2.05) is 0 Å². The van der Waals surface area contributed by atoms with Gasteiger partial charge in [-0.05, 0) is 96.8 Å². The number of fused-ring (bicyclic) bond motifs is 6. The molecule has 0 atom stereocenters. The van der Waals surface area contributed by atoms with Crippen LogP contribution in [0.15, 0.2) is 186 Å². The van der Waals surface area contributed by atoms with Crippen LogP contribution >= 0.6 is 0 Å². The summed E-state index contributed by atoms with van der Waals surface area (Å²) in [5, 5.41) is 4.65. The van der Waals surface area contributed by atoms with Crippen molar-refractivity contribution in [2.24, 2.45) is 0 Å². The highest BCUT2D eigenvalue weighted by Crippen LogP contribution is 2.48. The van der Waals surface area contributed by atoms with E-state index in [9.17, 15) is 0 Å². The Morgan fingerprint density at radius 2 is 1.06 bits per heavy atom. The summed E-state index contributed by atoms with van der Waals surface area (Å²) in [6.45, 7) is 4.43. The fraction of sp³-hybridized carbons (Fsp3) is 0.0400. The zero-order valence-corrected chi connectivity index (χ0v) is 29.6. The van der Waals surface area contributed by atoms with Crippen LogP contribution < -0.4 is 4.90 Å². The zero-order valence-electron chi connectivity index (χ0n) is 29.6. The first kappa shape index (κ1) is 30.9. The quantitative estimate of drug-likeness (QED) is 0.174. The molecule has 10 rings (SSSR count). The molecule has 0 radical (unpaired) electrons. The molecule has 2 aromatic heterocycles. The van der Waals surface area contributed by atoms with Crippen LogP contribution in [0.4, 0.5) is 17.1 Å². The van der Waals surface area contributed by atoms with E-state index >= 15 is 0 Å². The molecule has 0 saturated heterocycles. The Kier molecular flexibility index (Phi) is 7.26. The molecule has 0 spiro atoms. The molecule has 252 valence electrons. The number of hydrogen-bond acceptors (Lipinski definition) is 2. The van der Waals surface area contributed by atoms with Crippen molar-refractivity contribution in [3.63, 3.8) is 0 Å². The Morgan fingerprint density at radius 3 is 1.79 bits per heavy atom. The van der Waals surface area contributed by atoms with Crippen LogP contribution in [0.25, 0.3) is 71.7 Å². The Morgan fingerprint density at radius 1 is 0.453 bits per heavy atom. The van der Waals surface area contributed by atoms with E-state index in [0.717, 1.165) is 55.8 Å². The molecule has 0 aliphatic rings. The van der Waals surface area contributed by atoms with Gasteiger partial charge in [-0.2, -0.15) is 0 Å². The zero-order chi connectivity index (χ0) is 35.5. The lowest BCUT2D eigenvalue weighted by Crippen LogP contribution is -2.12. The standard InChI is InChI=1S/C50H36N2O/c1-33-32-47(34(2)31-42(33)35-17-5-3-6-18-35)51(36-19-7-4-8-20-36)46-30-29-40(50-49(46)41-24-12-16-28-48(41)53-50)39-23-11-15-27-45(39)52-43-25-13-9-21-37(43)38-22-10-14-26-44(38)52/h3-32H,1-2H3. The highest BCUT2D eigenvalue weighted by molar-refractivity contribution is 6.18. The molecule has 0 bridgehead atoms. The molecular formula is C50H36N2O. The van der Waals surface area contributed by atoms with Gasteiger partial charge in [-0.15, -0.1) is 0 Å². The van der Waals surface area contributed by atoms with Crippen molar-refractivity contribution in [2.45, 2.75) is 13.8 Å². The summed E-state index contributed by atoms with van der Waals surface area (Å²) in [5.74, 6) is 0. The fourth-order valence-corrected chi connectivity index (χ4v) is 8.24. The molecule has 2 heterocycles. The minimum Gasteiger partial charge on any atom is -0.455 e. The second-order valence-corrected chi connectivity index (χ2v) is 13.8. The van der Waals surface area contributed by atoms with E-state index < -0.39 is 0 Å². The third kappa shape index (κ3) is 4.97. The van der Waals surface area contributed by atoms with Gasteiger partial charge in [0.25, 0.3) is 0 Å². The highest BCUT2D eigenvalue weighted by Gasteiger charge is 2.25. The van der Waals surface area contributed by atoms with Crippen molar-refractivity contribution >= 4 is 60.8 Å². The Labute approximate surface area is 308 Å². The van der Waals surface area contributed by atoms with Crippen LogP contribution in [-0.4, -0.2) is 4.57 Å². The van der Waals surface area contributed by atoms with E-state index in [0.29, 0.717) is 0 Å². The van der Waals surface area contributed by atoms with E-state index in [1.54, 1.807) is 0 Å². The van der Waals surface area contributed by atoms with Crippen molar-refractivity contribution < 1.29 is 4.42 Å². The summed E-state index contributed by atoms with van der Waals surface area (Å²) in [6, 6.07) is 65.1. The first-order valence-electron chi connectivity index (χ1n) is 18.2. The van der Waals surface area contributed by atoms with Crippen LogP contribution in [0.1, 0.15) is 11.1 Å². The van der Waals surface area contributed by atoms with Crippen LogP contribution in [0.5, 0.6) is 0 Å². The van der Waals surface area contributed by atoms with E-state index in [4.69, 9.17) is 4.42 Å². The summed E-state index contributed by atoms with van der Waals surface area (Å²) in [4.78, 5) is 2.41. The van der Waals surface area contributed by atoms with Gasteiger partial charge in [0.05, 0.1) is 27.8 Å². The van der Waals surface area contributed by atoms with Gasteiger partial charge in [0.15, 0.2) is 0 Å². The lowest BCUT2D eigenvalue weighted by atomic mass is 9.95. The summed E-state index contributed by atoms with van der Waals surface area (Å²) in [7, 11) is 0. The predicted octanol–water partition coefficient (Wildman–Crippen LogP) is 14.1. The number of nitrogens with zero attached hydrogens (tertiary/aromatic N) is 2. The third-order valence-corrected chi connectivity index (χ3v) is 10.6. The lowest BCUT2D eigenvalue weighted by Gasteiger charge is -2.29. The van der Waals surface area contributed by atoms with Gasteiger partial charge < -0.3 is 13.9 Å². The number of aromatic nitrogens is 1. The minimum absolute atomic E-state index is 0.867. The maximum absolute atomic E-state index is 6.94. The number of aryl methyl sites for hydroxylation is 2. The van der Waals surface area contributed by atoms with Gasteiger partial charge in [0.1, 0.15) is 11.2 Å². The second-order valence-electron chi connectivity index (χ2n) is 13.8. The van der Waals surface area contributed by atoms with E-state index in [1.165, 1.54) is 44.1 Å². The molecule has 0 saturated carbocycles. The van der Waals surface area contributed by atoms with Gasteiger partial charge in [0, 0.05) is 38.7 Å². The smallest absolute Gasteiger partial charge is 0.145 e. The number of furan rings is 1. The Hall–Kier alpha value is -6.84. The minimum atomic E-state index is 0.867. The van der Waals surface area contributed by atoms with Gasteiger partial charge in [0.2, 0.25) is 0 Å². The van der Waals surface area contributed by atoms with Crippen molar-refractivity contribution in [2.75, 3.05) is 4.90 Å². The monoisotopic (exact) mass is 680 g/mol. The first-order valence-corrected chi connectivity index (χ1v) is 18.2. The molecule has 8 aromatic carbocycles. The molecular weight excluding hydrogens is 645 g/mol. The molecule has 0 fully saturated rings. The average molecular weight is 681 g/mol. The number of anilines is 3. The number of benzene rings is 8. The van der Waals surface area contributed by atoms with Crippen molar-refractivity contribution in [3.05, 3.63) is 193 Å². The maximum atomic E-state index is 6.94. The van der Waals surface area contributed by atoms with E-state index in [-0.39, 0.29) is 0 Å². The van der Waals surface area contributed by atoms with Crippen molar-refractivity contribution in [3.8, 4) is 27.9 Å². The first-order chi connectivity index (χ1) is 26.2. The SMILES string of the molecule is Cc1cc(N(c2ccccc2)c2ccc(-c3ccccc3-n3c4ccccc4c4ccccc43)c3oc4ccccc4c23)c(C)cc1-c1ccccc1. The van der Waals surface area contributed by atoms with Gasteiger partial charge in [-0.3, -0.25) is 0 Å². The molecule has 53 heavy (non-hydrogen) atoms. The number of para-hydroxylation sites is 5. The molecule has 3 heteroatoms. The molecule has 3 nitrogen and oxygen atoms in total. The molecule has 0 aliphatic carbocycles. The molecule has 10 aromatic rings. The van der Waals surface area contributed by atoms with E-state index in [2.05, 4.69) is 205 Å². The number of hydrogen-bond donors (Lipinski definition) is 0. The molecule has 0 N–H and O–H groups in total. The summed E-state index contributed by atoms with van der Waals surface area (Å²) >= 11 is 0. The third-order valence-electron chi connectivity index (χ3n) is 10.6. The average Bonchev–Trinajstić information content (AvgIpc) is 3.77. The van der Waals surface area contributed by atoms with Crippen molar-refractivity contribution in [1.29, 1.82) is 0 Å². The van der Waals surface area contributed by atoms with Crippen LogP contribution in [-0.2, 0) is 0 Å². The van der Waals surface area contributed by atoms with Crippen LogP contribution in [0, 0.1) is 13.8 Å². The Balaban J connectivity index is 1.25. The molecule has 0 unspecified atom stereocenters. The molecule has 0 aliphatic heterocycles. The van der Waals surface area contributed by atoms with Crippen molar-refractivity contribution in [1.82, 2.24) is 4.57 Å². The lowest BCUT2D eigenvalue weighted by molar-refractivity contribution is 0.670. The topological polar surface area (TPSA) is 21.3 Å². The largest absolute Gasteiger partial charge is 0.455 e. The second kappa shape index (κ2) is 12.4. The summed E-state index contributed by atoms with van der Waals surface area (Å²) < 4.78 is 9.34. The summed E-state index contributed by atoms with van der Waals surface area (Å²) in [6.07, 6.45) is 0. The van der Waals surface area contributed by atoms with Gasteiger partial charge in [-0.1, -0.05) is 121 Å². The summed E-state index contributed by atoms with van der Waals surface area (Å²) in [5.41, 5.74) is 15.6. The molecule has 0 amide bonds. The fourth-order valence-electron chi connectivity index (χ4n) is 8.24. The normalized spacial score (nSPS) is 11.6. The number of rotatable bonds is 6.